The number of ether oxygens (including phenoxy) is 1. The van der Waals surface area contributed by atoms with Crippen LogP contribution in [-0.4, -0.2) is 12.4 Å². The zero-order valence-corrected chi connectivity index (χ0v) is 10.3. The molecule has 20 heavy (non-hydrogen) atoms. The van der Waals surface area contributed by atoms with Crippen LogP contribution < -0.4 is 4.74 Å². The Hall–Kier alpha value is -2.74. The summed E-state index contributed by atoms with van der Waals surface area (Å²) in [6.45, 7) is -0.391. The van der Waals surface area contributed by atoms with E-state index in [0.717, 1.165) is 18.2 Å². The number of rotatable bonds is 4. The number of nitrogens with zero attached hydrogens (tertiary/aromatic N) is 1. The van der Waals surface area contributed by atoms with E-state index >= 15 is 0 Å². The van der Waals surface area contributed by atoms with Crippen LogP contribution in [0.15, 0.2) is 42.5 Å². The van der Waals surface area contributed by atoms with Crippen LogP contribution >= 0.6 is 0 Å². The molecule has 0 aliphatic heterocycles. The quantitative estimate of drug-likeness (QED) is 0.804. The number of Topliss-reactive ketones (excluding diaryl/α,β-unsaturated/α-hetero) is 1. The molecule has 0 aliphatic rings. The molecule has 0 amide bonds. The minimum atomic E-state index is -0.657. The van der Waals surface area contributed by atoms with Crippen molar-refractivity contribution < 1.29 is 18.3 Å². The fraction of sp³-hybridized carbons (Fsp3) is 0.0667. The van der Waals surface area contributed by atoms with Crippen LogP contribution in [0.1, 0.15) is 15.9 Å². The highest BCUT2D eigenvalue weighted by molar-refractivity contribution is 5.97. The van der Waals surface area contributed by atoms with Crippen LogP contribution in [0.3, 0.4) is 0 Å². The van der Waals surface area contributed by atoms with Gasteiger partial charge in [0.1, 0.15) is 5.82 Å². The standard InChI is InChI=1S/C15H9F2NO2/c16-12-4-2-11(3-5-12)14(19)9-20-15-7-10(8-18)1-6-13(15)17/h1-7H,9H2. The van der Waals surface area contributed by atoms with Crippen molar-refractivity contribution in [1.82, 2.24) is 0 Å². The molecule has 0 heterocycles. The van der Waals surface area contributed by atoms with E-state index in [4.69, 9.17) is 10.00 Å². The number of halogens is 2. The Balaban J connectivity index is 2.07. The van der Waals surface area contributed by atoms with Crippen molar-refractivity contribution >= 4 is 5.78 Å². The molecule has 3 nitrogen and oxygen atoms in total. The third-order valence-electron chi connectivity index (χ3n) is 2.59. The summed E-state index contributed by atoms with van der Waals surface area (Å²) < 4.78 is 31.2. The average Bonchev–Trinajstić information content (AvgIpc) is 2.47. The first-order valence-corrected chi connectivity index (χ1v) is 5.71. The van der Waals surface area contributed by atoms with Crippen LogP contribution in [-0.2, 0) is 0 Å². The molecule has 0 aromatic heterocycles. The largest absolute Gasteiger partial charge is 0.482 e. The smallest absolute Gasteiger partial charge is 0.200 e. The number of carbonyl (C=O) groups is 1. The summed E-state index contributed by atoms with van der Waals surface area (Å²) in [7, 11) is 0. The van der Waals surface area contributed by atoms with Crippen molar-refractivity contribution in [1.29, 1.82) is 5.26 Å². The van der Waals surface area contributed by atoms with Gasteiger partial charge >= 0.3 is 0 Å². The van der Waals surface area contributed by atoms with Gasteiger partial charge in [-0.2, -0.15) is 5.26 Å². The van der Waals surface area contributed by atoms with E-state index in [1.54, 1.807) is 0 Å². The highest BCUT2D eigenvalue weighted by atomic mass is 19.1. The monoisotopic (exact) mass is 273 g/mol. The predicted molar refractivity (Wildman–Crippen MR) is 67.3 cm³/mol. The molecule has 0 spiro atoms. The molecule has 2 aromatic carbocycles. The molecule has 0 N–H and O–H groups in total. The highest BCUT2D eigenvalue weighted by Gasteiger charge is 2.10. The van der Waals surface area contributed by atoms with Gasteiger partial charge in [-0.25, -0.2) is 8.78 Å². The molecule has 100 valence electrons. The summed E-state index contributed by atoms with van der Waals surface area (Å²) in [5, 5.41) is 8.70. The van der Waals surface area contributed by atoms with E-state index in [0.29, 0.717) is 0 Å². The fourth-order valence-corrected chi connectivity index (χ4v) is 1.55. The van der Waals surface area contributed by atoms with E-state index in [9.17, 15) is 13.6 Å². The topological polar surface area (TPSA) is 50.1 Å². The van der Waals surface area contributed by atoms with Crippen molar-refractivity contribution in [2.45, 2.75) is 0 Å². The highest BCUT2D eigenvalue weighted by Crippen LogP contribution is 2.18. The van der Waals surface area contributed by atoms with Crippen molar-refractivity contribution in [3.8, 4) is 11.8 Å². The third kappa shape index (κ3) is 3.18. The summed E-state index contributed by atoms with van der Waals surface area (Å²) >= 11 is 0. The Kier molecular flexibility index (Phi) is 4.06. The number of ketones is 1. The summed E-state index contributed by atoms with van der Waals surface area (Å²) in [5.41, 5.74) is 0.499. The van der Waals surface area contributed by atoms with Gasteiger partial charge in [-0.05, 0) is 36.4 Å². The van der Waals surface area contributed by atoms with Crippen molar-refractivity contribution in [2.75, 3.05) is 6.61 Å². The molecule has 0 atom stereocenters. The van der Waals surface area contributed by atoms with Gasteiger partial charge < -0.3 is 4.74 Å². The lowest BCUT2D eigenvalue weighted by molar-refractivity contribution is 0.0918. The van der Waals surface area contributed by atoms with Gasteiger partial charge in [-0.15, -0.1) is 0 Å². The summed E-state index contributed by atoms with van der Waals surface area (Å²) in [6.07, 6.45) is 0. The maximum absolute atomic E-state index is 13.4. The van der Waals surface area contributed by atoms with Gasteiger partial charge in [0.25, 0.3) is 0 Å². The Morgan fingerprint density at radius 3 is 2.50 bits per heavy atom. The molecule has 2 aromatic rings. The van der Waals surface area contributed by atoms with Gasteiger partial charge in [-0.3, -0.25) is 4.79 Å². The Morgan fingerprint density at radius 1 is 1.15 bits per heavy atom. The Labute approximate surface area is 114 Å². The first kappa shape index (κ1) is 13.7. The zero-order chi connectivity index (χ0) is 14.5. The fourth-order valence-electron chi connectivity index (χ4n) is 1.55. The van der Waals surface area contributed by atoms with Gasteiger partial charge in [0.2, 0.25) is 0 Å². The average molecular weight is 273 g/mol. The molecule has 2 rings (SSSR count). The first-order chi connectivity index (χ1) is 9.60. The minimum Gasteiger partial charge on any atom is -0.482 e. The molecule has 5 heteroatoms. The number of benzene rings is 2. The molecule has 0 bridgehead atoms. The first-order valence-electron chi connectivity index (χ1n) is 5.71. The minimum absolute atomic E-state index is 0.167. The number of hydrogen-bond donors (Lipinski definition) is 0. The maximum Gasteiger partial charge on any atom is 0.200 e. The Morgan fingerprint density at radius 2 is 1.85 bits per heavy atom. The van der Waals surface area contributed by atoms with E-state index in [2.05, 4.69) is 0 Å². The van der Waals surface area contributed by atoms with Crippen LogP contribution in [0.2, 0.25) is 0 Å². The number of nitriles is 1. The molecule has 0 saturated carbocycles. The normalized spacial score (nSPS) is 9.85. The maximum atomic E-state index is 13.4. The number of carbonyl (C=O) groups excluding carboxylic acids is 1. The van der Waals surface area contributed by atoms with E-state index in [1.807, 2.05) is 6.07 Å². The molecular formula is C15H9F2NO2. The van der Waals surface area contributed by atoms with E-state index in [-0.39, 0.29) is 16.9 Å². The molecule has 0 unspecified atom stereocenters. The van der Waals surface area contributed by atoms with Crippen LogP contribution in [0.5, 0.6) is 5.75 Å². The summed E-state index contributed by atoms with van der Waals surface area (Å²) in [5.74, 6) is -1.68. The zero-order valence-electron chi connectivity index (χ0n) is 10.3. The van der Waals surface area contributed by atoms with Gasteiger partial charge in [0.05, 0.1) is 11.6 Å². The Bertz CT molecular complexity index is 675. The third-order valence-corrected chi connectivity index (χ3v) is 2.59. The lowest BCUT2D eigenvalue weighted by Gasteiger charge is -2.07. The molecule has 0 radical (unpaired) electrons. The van der Waals surface area contributed by atoms with Crippen molar-refractivity contribution in [2.24, 2.45) is 0 Å². The van der Waals surface area contributed by atoms with Crippen LogP contribution in [0.25, 0.3) is 0 Å². The van der Waals surface area contributed by atoms with E-state index in [1.165, 1.54) is 24.3 Å². The SMILES string of the molecule is N#Cc1ccc(F)c(OCC(=O)c2ccc(F)cc2)c1. The molecule has 0 fully saturated rings. The van der Waals surface area contributed by atoms with Gasteiger partial charge in [-0.1, -0.05) is 0 Å². The van der Waals surface area contributed by atoms with Crippen LogP contribution in [0, 0.1) is 23.0 Å². The van der Waals surface area contributed by atoms with Crippen molar-refractivity contribution in [3.05, 3.63) is 65.2 Å². The molecular weight excluding hydrogens is 264 g/mol. The second-order valence-electron chi connectivity index (χ2n) is 3.98. The lowest BCUT2D eigenvalue weighted by atomic mass is 10.1. The van der Waals surface area contributed by atoms with Gasteiger partial charge in [0, 0.05) is 11.6 Å². The van der Waals surface area contributed by atoms with Crippen molar-refractivity contribution in [3.63, 3.8) is 0 Å². The van der Waals surface area contributed by atoms with Gasteiger partial charge in [0.15, 0.2) is 24.0 Å². The second-order valence-corrected chi connectivity index (χ2v) is 3.98. The van der Waals surface area contributed by atoms with E-state index < -0.39 is 24.0 Å². The summed E-state index contributed by atoms with van der Waals surface area (Å²) in [4.78, 5) is 11.8. The number of hydrogen-bond acceptors (Lipinski definition) is 3. The summed E-state index contributed by atoms with van der Waals surface area (Å²) in [6, 6.07) is 10.4. The van der Waals surface area contributed by atoms with Crippen LogP contribution in [0.4, 0.5) is 8.78 Å². The molecule has 0 saturated heterocycles. The molecule has 0 aliphatic carbocycles. The lowest BCUT2D eigenvalue weighted by Crippen LogP contribution is -2.12. The second kappa shape index (κ2) is 5.93. The predicted octanol–water partition coefficient (Wildman–Crippen LogP) is 3.10.